The maximum Gasteiger partial charge on any atom is 0.233 e. The summed E-state index contributed by atoms with van der Waals surface area (Å²) < 4.78 is 0. The first kappa shape index (κ1) is 14.2. The number of amides is 1. The van der Waals surface area contributed by atoms with E-state index >= 15 is 0 Å². The van der Waals surface area contributed by atoms with Crippen molar-refractivity contribution >= 4 is 17.7 Å². The van der Waals surface area contributed by atoms with Gasteiger partial charge in [-0.1, -0.05) is 42.5 Å². The third kappa shape index (κ3) is 4.13. The molecule has 1 aliphatic rings. The van der Waals surface area contributed by atoms with Crippen LogP contribution in [0.3, 0.4) is 0 Å². The van der Waals surface area contributed by atoms with Crippen LogP contribution >= 0.6 is 11.8 Å². The van der Waals surface area contributed by atoms with Gasteiger partial charge in [-0.05, 0) is 31.1 Å². The number of benzene rings is 1. The molecule has 1 unspecified atom stereocenters. The van der Waals surface area contributed by atoms with Crippen LogP contribution < -0.4 is 0 Å². The Morgan fingerprint density at radius 2 is 2.16 bits per heavy atom. The maximum atomic E-state index is 12.3. The topological polar surface area (TPSA) is 20.3 Å². The van der Waals surface area contributed by atoms with Crippen molar-refractivity contribution in [2.45, 2.75) is 31.8 Å². The van der Waals surface area contributed by atoms with Crippen molar-refractivity contribution < 1.29 is 4.79 Å². The van der Waals surface area contributed by atoms with Gasteiger partial charge in [-0.25, -0.2) is 0 Å². The number of allylic oxidation sites excluding steroid dienone is 1. The lowest BCUT2D eigenvalue weighted by Crippen LogP contribution is -2.40. The molecule has 2 rings (SSSR count). The zero-order valence-electron chi connectivity index (χ0n) is 11.4. The summed E-state index contributed by atoms with van der Waals surface area (Å²) in [5.41, 5.74) is 1.20. The highest BCUT2D eigenvalue weighted by molar-refractivity contribution is 7.99. The predicted octanol–water partition coefficient (Wildman–Crippen LogP) is 3.49. The van der Waals surface area contributed by atoms with Crippen molar-refractivity contribution in [1.82, 2.24) is 4.90 Å². The van der Waals surface area contributed by atoms with Crippen molar-refractivity contribution in [2.24, 2.45) is 0 Å². The molecule has 0 saturated heterocycles. The third-order valence-corrected chi connectivity index (χ3v) is 3.95. The van der Waals surface area contributed by atoms with Crippen LogP contribution in [0.2, 0.25) is 0 Å². The van der Waals surface area contributed by atoms with E-state index in [-0.39, 0.29) is 11.9 Å². The molecule has 1 aliphatic carbocycles. The molecule has 1 aromatic carbocycles. The van der Waals surface area contributed by atoms with Crippen molar-refractivity contribution in [3.63, 3.8) is 0 Å². The average Bonchev–Trinajstić information content (AvgIpc) is 2.47. The number of hydrogen-bond acceptors (Lipinski definition) is 2. The molecule has 1 amide bonds. The van der Waals surface area contributed by atoms with Gasteiger partial charge < -0.3 is 4.90 Å². The largest absolute Gasteiger partial charge is 0.331 e. The number of carbonyl (C=O) groups is 1. The first-order valence-corrected chi connectivity index (χ1v) is 8.19. The molecule has 0 saturated carbocycles. The number of nitrogens with zero attached hydrogens (tertiary/aromatic N) is 1. The second kappa shape index (κ2) is 7.39. The number of hydrogen-bond donors (Lipinski definition) is 0. The highest BCUT2D eigenvalue weighted by Gasteiger charge is 2.22. The minimum atomic E-state index is 0.243. The van der Waals surface area contributed by atoms with Gasteiger partial charge in [0.15, 0.2) is 0 Å². The number of carbonyl (C=O) groups excluding carboxylic acids is 1. The molecule has 0 fully saturated rings. The van der Waals surface area contributed by atoms with Crippen LogP contribution in [0.1, 0.15) is 24.8 Å². The molecule has 0 aliphatic heterocycles. The van der Waals surface area contributed by atoms with Gasteiger partial charge in [0.2, 0.25) is 5.91 Å². The summed E-state index contributed by atoms with van der Waals surface area (Å²) in [4.78, 5) is 14.3. The first-order valence-electron chi connectivity index (χ1n) is 6.80. The van der Waals surface area contributed by atoms with Crippen LogP contribution in [0.5, 0.6) is 0 Å². The lowest BCUT2D eigenvalue weighted by Gasteiger charge is -2.31. The van der Waals surface area contributed by atoms with Gasteiger partial charge in [-0.2, -0.15) is 11.8 Å². The fourth-order valence-corrected chi connectivity index (χ4v) is 2.84. The maximum absolute atomic E-state index is 12.3. The summed E-state index contributed by atoms with van der Waals surface area (Å²) in [5, 5.41) is 0. The zero-order valence-corrected chi connectivity index (χ0v) is 12.2. The minimum absolute atomic E-state index is 0.243. The minimum Gasteiger partial charge on any atom is -0.331 e. The smallest absolute Gasteiger partial charge is 0.233 e. The summed E-state index contributed by atoms with van der Waals surface area (Å²) >= 11 is 1.60. The van der Waals surface area contributed by atoms with E-state index in [1.807, 2.05) is 29.4 Å². The van der Waals surface area contributed by atoms with Gasteiger partial charge in [0, 0.05) is 6.54 Å². The molecule has 102 valence electrons. The van der Waals surface area contributed by atoms with Crippen LogP contribution in [-0.4, -0.2) is 28.9 Å². The summed E-state index contributed by atoms with van der Waals surface area (Å²) in [6.45, 7) is 0.717. The van der Waals surface area contributed by atoms with E-state index in [0.717, 1.165) is 19.4 Å². The standard InChI is InChI=1S/C16H21NOS/c1-19-13-16(18)17(15-10-6-3-7-11-15)12-14-8-4-2-5-9-14/h2,4-6,8-10,15H,3,7,11-13H2,1H3. The van der Waals surface area contributed by atoms with E-state index in [0.29, 0.717) is 5.75 Å². The molecular formula is C16H21NOS. The van der Waals surface area contributed by atoms with Gasteiger partial charge in [0.25, 0.3) is 0 Å². The Labute approximate surface area is 119 Å². The van der Waals surface area contributed by atoms with Crippen molar-refractivity contribution in [2.75, 3.05) is 12.0 Å². The van der Waals surface area contributed by atoms with Crippen LogP contribution in [0, 0.1) is 0 Å². The lowest BCUT2D eigenvalue weighted by atomic mass is 10.0. The van der Waals surface area contributed by atoms with E-state index in [1.165, 1.54) is 12.0 Å². The summed E-state index contributed by atoms with van der Waals surface area (Å²) in [5.74, 6) is 0.810. The molecule has 1 atom stereocenters. The molecule has 0 aromatic heterocycles. The third-order valence-electron chi connectivity index (χ3n) is 3.41. The van der Waals surface area contributed by atoms with Crippen molar-refractivity contribution in [3.05, 3.63) is 48.0 Å². The van der Waals surface area contributed by atoms with Gasteiger partial charge >= 0.3 is 0 Å². The Balaban J connectivity index is 2.11. The van der Waals surface area contributed by atoms with Gasteiger partial charge in [0.05, 0.1) is 11.8 Å². The lowest BCUT2D eigenvalue weighted by molar-refractivity contribution is -0.130. The summed E-state index contributed by atoms with van der Waals surface area (Å²) in [6, 6.07) is 10.5. The number of rotatable bonds is 5. The molecular weight excluding hydrogens is 254 g/mol. The van der Waals surface area contributed by atoms with E-state index in [9.17, 15) is 4.79 Å². The quantitative estimate of drug-likeness (QED) is 0.767. The number of thioether (sulfide) groups is 1. The highest BCUT2D eigenvalue weighted by atomic mass is 32.2. The normalized spacial score (nSPS) is 18.3. The van der Waals surface area contributed by atoms with E-state index in [2.05, 4.69) is 24.3 Å². The molecule has 0 spiro atoms. The average molecular weight is 275 g/mol. The molecule has 0 radical (unpaired) electrons. The Bertz CT molecular complexity index is 430. The van der Waals surface area contributed by atoms with Crippen LogP contribution in [-0.2, 0) is 11.3 Å². The van der Waals surface area contributed by atoms with Crippen LogP contribution in [0.4, 0.5) is 0 Å². The van der Waals surface area contributed by atoms with E-state index in [4.69, 9.17) is 0 Å². The molecule has 0 bridgehead atoms. The first-order chi connectivity index (χ1) is 9.31. The molecule has 0 heterocycles. The summed E-state index contributed by atoms with van der Waals surface area (Å²) in [6.07, 6.45) is 9.80. The van der Waals surface area contributed by atoms with Gasteiger partial charge in [-0.3, -0.25) is 4.79 Å². The molecule has 3 heteroatoms. The van der Waals surface area contributed by atoms with E-state index < -0.39 is 0 Å². The molecule has 2 nitrogen and oxygen atoms in total. The fourth-order valence-electron chi connectivity index (χ4n) is 2.43. The molecule has 1 aromatic rings. The predicted molar refractivity (Wildman–Crippen MR) is 82.2 cm³/mol. The monoisotopic (exact) mass is 275 g/mol. The Morgan fingerprint density at radius 1 is 1.37 bits per heavy atom. The van der Waals surface area contributed by atoms with Crippen molar-refractivity contribution in [3.8, 4) is 0 Å². The van der Waals surface area contributed by atoms with E-state index in [1.54, 1.807) is 11.8 Å². The molecule has 19 heavy (non-hydrogen) atoms. The zero-order chi connectivity index (χ0) is 13.5. The SMILES string of the molecule is CSCC(=O)N(Cc1ccccc1)C1C=CCCC1. The fraction of sp³-hybridized carbons (Fsp3) is 0.438. The second-order valence-electron chi connectivity index (χ2n) is 4.87. The Kier molecular flexibility index (Phi) is 5.52. The Hall–Kier alpha value is -1.22. The van der Waals surface area contributed by atoms with Crippen LogP contribution in [0.15, 0.2) is 42.5 Å². The van der Waals surface area contributed by atoms with Gasteiger partial charge in [0.1, 0.15) is 0 Å². The Morgan fingerprint density at radius 3 is 2.79 bits per heavy atom. The molecule has 0 N–H and O–H groups in total. The van der Waals surface area contributed by atoms with Gasteiger partial charge in [-0.15, -0.1) is 0 Å². The van der Waals surface area contributed by atoms with Crippen molar-refractivity contribution in [1.29, 1.82) is 0 Å². The second-order valence-corrected chi connectivity index (χ2v) is 5.73. The van der Waals surface area contributed by atoms with Crippen LogP contribution in [0.25, 0.3) is 0 Å². The summed E-state index contributed by atoms with van der Waals surface area (Å²) in [7, 11) is 0. The highest BCUT2D eigenvalue weighted by Crippen LogP contribution is 2.20.